The van der Waals surface area contributed by atoms with Crippen molar-refractivity contribution in [2.45, 2.75) is 91.4 Å². The summed E-state index contributed by atoms with van der Waals surface area (Å²) in [6.07, 6.45) is 15.6. The molecule has 0 N–H and O–H groups in total. The minimum absolute atomic E-state index is 1.10. The lowest BCUT2D eigenvalue weighted by atomic mass is 10.1. The standard InChI is InChI=1S/C8H17N.C7H10S.C7H14/c1-2-6-9-7-4-3-5-8-9;1-2-4-7-5-3-6-8-7;1-2-7-5-3-4-6-7/h2-8H2,1H3;3,5-6H,2,4H2,1H3;7H,2-6H2,1H3. The van der Waals surface area contributed by atoms with E-state index in [0.717, 1.165) is 5.92 Å². The molecule has 0 radical (unpaired) electrons. The van der Waals surface area contributed by atoms with E-state index in [1.54, 1.807) is 0 Å². The Morgan fingerprint density at radius 3 is 2.12 bits per heavy atom. The van der Waals surface area contributed by atoms with Gasteiger partial charge in [0, 0.05) is 4.88 Å². The monoisotopic (exact) mass is 351 g/mol. The molecule has 0 unspecified atom stereocenters. The summed E-state index contributed by atoms with van der Waals surface area (Å²) in [5.41, 5.74) is 0. The number of nitrogens with zero attached hydrogens (tertiary/aromatic N) is 1. The largest absolute Gasteiger partial charge is 0.303 e. The van der Waals surface area contributed by atoms with Crippen molar-refractivity contribution in [1.82, 2.24) is 4.90 Å². The lowest BCUT2D eigenvalue weighted by Crippen LogP contribution is -2.30. The molecule has 2 heteroatoms. The third-order valence-electron chi connectivity index (χ3n) is 5.12. The van der Waals surface area contributed by atoms with Crippen LogP contribution in [0.4, 0.5) is 0 Å². The van der Waals surface area contributed by atoms with E-state index in [9.17, 15) is 0 Å². The molecular weight excluding hydrogens is 310 g/mol. The first-order valence-corrected chi connectivity index (χ1v) is 11.4. The maximum atomic E-state index is 2.57. The first kappa shape index (κ1) is 21.7. The van der Waals surface area contributed by atoms with Gasteiger partial charge in [0.2, 0.25) is 0 Å². The van der Waals surface area contributed by atoms with Crippen molar-refractivity contribution >= 4 is 11.3 Å². The molecule has 0 bridgehead atoms. The molecule has 24 heavy (non-hydrogen) atoms. The Hall–Kier alpha value is -0.340. The number of hydrogen-bond acceptors (Lipinski definition) is 2. The van der Waals surface area contributed by atoms with Crippen LogP contribution in [0.2, 0.25) is 0 Å². The van der Waals surface area contributed by atoms with Crippen LogP contribution in [-0.2, 0) is 6.42 Å². The minimum Gasteiger partial charge on any atom is -0.303 e. The van der Waals surface area contributed by atoms with Crippen LogP contribution in [0.5, 0.6) is 0 Å². The third-order valence-corrected chi connectivity index (χ3v) is 6.05. The predicted molar refractivity (Wildman–Crippen MR) is 111 cm³/mol. The smallest absolute Gasteiger partial charge is 0.00451 e. The molecule has 1 saturated carbocycles. The zero-order valence-electron chi connectivity index (χ0n) is 16.6. The van der Waals surface area contributed by atoms with E-state index in [1.165, 1.54) is 95.1 Å². The second-order valence-electron chi connectivity index (χ2n) is 7.29. The van der Waals surface area contributed by atoms with Gasteiger partial charge in [0.05, 0.1) is 0 Å². The minimum atomic E-state index is 1.10. The van der Waals surface area contributed by atoms with Gasteiger partial charge >= 0.3 is 0 Å². The fraction of sp³-hybridized carbons (Fsp3) is 0.818. The SMILES string of the molecule is CCC1CCCC1.CCCN1CCCCC1.CCCc1cccs1. The Balaban J connectivity index is 0.000000181. The first-order valence-electron chi connectivity index (χ1n) is 10.5. The molecule has 1 aliphatic heterocycles. The summed E-state index contributed by atoms with van der Waals surface area (Å²) in [5, 5.41) is 2.13. The summed E-state index contributed by atoms with van der Waals surface area (Å²) in [7, 11) is 0. The van der Waals surface area contributed by atoms with Crippen LogP contribution in [0.3, 0.4) is 0 Å². The number of thiophene rings is 1. The van der Waals surface area contributed by atoms with Gasteiger partial charge in [-0.15, -0.1) is 11.3 Å². The highest BCUT2D eigenvalue weighted by Gasteiger charge is 2.11. The first-order chi connectivity index (χ1) is 11.8. The predicted octanol–water partition coefficient (Wildman–Crippen LogP) is 7.17. The van der Waals surface area contributed by atoms with Crippen molar-refractivity contribution in [2.75, 3.05) is 19.6 Å². The van der Waals surface area contributed by atoms with Crippen molar-refractivity contribution < 1.29 is 0 Å². The molecule has 2 heterocycles. The van der Waals surface area contributed by atoms with Gasteiger partial charge in [-0.1, -0.05) is 71.8 Å². The zero-order valence-corrected chi connectivity index (χ0v) is 17.4. The van der Waals surface area contributed by atoms with Crippen molar-refractivity contribution in [3.05, 3.63) is 22.4 Å². The molecule has 1 aromatic rings. The summed E-state index contributed by atoms with van der Waals surface area (Å²) in [4.78, 5) is 4.08. The summed E-state index contributed by atoms with van der Waals surface area (Å²) in [6, 6.07) is 4.30. The van der Waals surface area contributed by atoms with Gasteiger partial charge < -0.3 is 4.90 Å². The molecule has 0 atom stereocenters. The molecule has 140 valence electrons. The van der Waals surface area contributed by atoms with E-state index in [2.05, 4.69) is 43.2 Å². The fourth-order valence-corrected chi connectivity index (χ4v) is 4.43. The summed E-state index contributed by atoms with van der Waals surface area (Å²) in [6.45, 7) is 10.8. The topological polar surface area (TPSA) is 3.24 Å². The van der Waals surface area contributed by atoms with Gasteiger partial charge in [0.1, 0.15) is 0 Å². The fourth-order valence-electron chi connectivity index (χ4n) is 3.62. The Morgan fingerprint density at radius 2 is 1.67 bits per heavy atom. The average molecular weight is 352 g/mol. The molecule has 1 aromatic heterocycles. The molecule has 1 nitrogen and oxygen atoms in total. The third kappa shape index (κ3) is 10.5. The van der Waals surface area contributed by atoms with Gasteiger partial charge in [-0.3, -0.25) is 0 Å². The van der Waals surface area contributed by atoms with Crippen molar-refractivity contribution in [3.63, 3.8) is 0 Å². The molecular formula is C22H41NS. The molecule has 2 fully saturated rings. The highest BCUT2D eigenvalue weighted by Crippen LogP contribution is 2.26. The van der Waals surface area contributed by atoms with Crippen molar-refractivity contribution in [3.8, 4) is 0 Å². The lowest BCUT2D eigenvalue weighted by Gasteiger charge is -2.25. The van der Waals surface area contributed by atoms with Crippen LogP contribution in [0.1, 0.15) is 89.9 Å². The van der Waals surface area contributed by atoms with Crippen LogP contribution >= 0.6 is 11.3 Å². The Kier molecular flexibility index (Phi) is 13.5. The molecule has 1 saturated heterocycles. The number of piperidine rings is 1. The van der Waals surface area contributed by atoms with E-state index in [0.29, 0.717) is 0 Å². The lowest BCUT2D eigenvalue weighted by molar-refractivity contribution is 0.229. The highest BCUT2D eigenvalue weighted by atomic mass is 32.1. The Labute approximate surface area is 155 Å². The number of aryl methyl sites for hydroxylation is 1. The normalized spacial score (nSPS) is 18.5. The summed E-state index contributed by atoms with van der Waals surface area (Å²) in [5.74, 6) is 1.10. The second-order valence-corrected chi connectivity index (χ2v) is 8.32. The molecule has 1 aliphatic carbocycles. The van der Waals surface area contributed by atoms with E-state index < -0.39 is 0 Å². The highest BCUT2D eigenvalue weighted by molar-refractivity contribution is 7.09. The van der Waals surface area contributed by atoms with Crippen LogP contribution in [0, 0.1) is 5.92 Å². The number of rotatable bonds is 5. The van der Waals surface area contributed by atoms with Crippen LogP contribution < -0.4 is 0 Å². The van der Waals surface area contributed by atoms with Gasteiger partial charge in [-0.2, -0.15) is 0 Å². The number of likely N-dealkylation sites (tertiary alicyclic amines) is 1. The molecule has 2 aliphatic rings. The van der Waals surface area contributed by atoms with Crippen LogP contribution in [0.25, 0.3) is 0 Å². The summed E-state index contributed by atoms with van der Waals surface area (Å²) < 4.78 is 0. The maximum Gasteiger partial charge on any atom is 0.00451 e. The maximum absolute atomic E-state index is 2.57. The molecule has 0 amide bonds. The molecule has 0 aromatic carbocycles. The Morgan fingerprint density at radius 1 is 0.958 bits per heavy atom. The second kappa shape index (κ2) is 15.0. The van der Waals surface area contributed by atoms with E-state index in [-0.39, 0.29) is 0 Å². The van der Waals surface area contributed by atoms with Crippen molar-refractivity contribution in [2.24, 2.45) is 5.92 Å². The molecule has 3 rings (SSSR count). The quantitative estimate of drug-likeness (QED) is 0.543. The summed E-state index contributed by atoms with van der Waals surface area (Å²) >= 11 is 1.85. The van der Waals surface area contributed by atoms with Gasteiger partial charge in [0.25, 0.3) is 0 Å². The van der Waals surface area contributed by atoms with Crippen LogP contribution in [0.15, 0.2) is 17.5 Å². The van der Waals surface area contributed by atoms with E-state index in [4.69, 9.17) is 0 Å². The van der Waals surface area contributed by atoms with E-state index >= 15 is 0 Å². The van der Waals surface area contributed by atoms with Crippen LogP contribution in [-0.4, -0.2) is 24.5 Å². The molecule has 0 spiro atoms. The number of hydrogen-bond donors (Lipinski definition) is 0. The van der Waals surface area contributed by atoms with Gasteiger partial charge in [-0.05, 0) is 62.7 Å². The van der Waals surface area contributed by atoms with E-state index in [1.807, 2.05) is 11.3 Å². The average Bonchev–Trinajstić information content (AvgIpc) is 3.31. The zero-order chi connectivity index (χ0) is 17.5. The van der Waals surface area contributed by atoms with Gasteiger partial charge in [-0.25, -0.2) is 0 Å². The van der Waals surface area contributed by atoms with Crippen molar-refractivity contribution in [1.29, 1.82) is 0 Å². The Bertz CT molecular complexity index is 345. The van der Waals surface area contributed by atoms with Gasteiger partial charge in [0.15, 0.2) is 0 Å².